The first-order valence-electron chi connectivity index (χ1n) is 21.1. The van der Waals surface area contributed by atoms with Gasteiger partial charge in [0, 0.05) is 68.9 Å². The maximum Gasteiger partial charge on any atom is 0.276 e. The highest BCUT2D eigenvalue weighted by atomic mass is 16.5. The molecule has 0 spiro atoms. The number of aromatic nitrogens is 8. The van der Waals surface area contributed by atoms with Crippen LogP contribution in [0.5, 0.6) is 11.5 Å². The predicted molar refractivity (Wildman–Crippen MR) is 234 cm³/mol. The van der Waals surface area contributed by atoms with Gasteiger partial charge in [-0.15, -0.1) is 0 Å². The lowest BCUT2D eigenvalue weighted by Crippen LogP contribution is -2.21. The highest BCUT2D eigenvalue weighted by molar-refractivity contribution is 6.05. The molecule has 0 bridgehead atoms. The summed E-state index contributed by atoms with van der Waals surface area (Å²) in [5, 5.41) is 46.4. The highest BCUT2D eigenvalue weighted by Crippen LogP contribution is 2.34. The normalized spacial score (nSPS) is 15.7. The largest absolute Gasteiger partial charge is 0.491 e. The van der Waals surface area contributed by atoms with Gasteiger partial charge in [0.1, 0.15) is 28.2 Å². The average Bonchev–Trinajstić information content (AvgIpc) is 3.99. The van der Waals surface area contributed by atoms with Crippen molar-refractivity contribution in [3.63, 3.8) is 0 Å². The van der Waals surface area contributed by atoms with Crippen LogP contribution in [-0.4, -0.2) is 98.1 Å². The summed E-state index contributed by atoms with van der Waals surface area (Å²) in [6.07, 6.45) is 5.97. The maximum absolute atomic E-state index is 14.4. The van der Waals surface area contributed by atoms with E-state index in [0.717, 1.165) is 36.2 Å². The molecule has 20 heteroatoms. The van der Waals surface area contributed by atoms with Crippen LogP contribution in [0.25, 0.3) is 22.1 Å². The van der Waals surface area contributed by atoms with Gasteiger partial charge in [-0.3, -0.25) is 29.1 Å². The number of allylic oxidation sites excluding steroid dienone is 2. The van der Waals surface area contributed by atoms with Crippen molar-refractivity contribution in [2.45, 2.75) is 91.7 Å². The SMILES string of the molecule is CCn1nc(C)c2c1C(=O)Nc1nc3cc(C(N)=O)cc(OCCCO)c3n1C/C=C/Cn1c(nc3cc(C(N)=O)cc(OCCCO)c31)NC(O)c1cc(C)nn1CCCCC2. The number of aliphatic hydroxyl groups excluding tert-OH is 3. The van der Waals surface area contributed by atoms with E-state index in [1.807, 2.05) is 39.0 Å². The fourth-order valence-corrected chi connectivity index (χ4v) is 7.84. The van der Waals surface area contributed by atoms with Crippen LogP contribution >= 0.6 is 0 Å². The van der Waals surface area contributed by atoms with Gasteiger partial charge in [0.25, 0.3) is 5.91 Å². The minimum absolute atomic E-state index is 0.112. The number of ether oxygens (including phenoxy) is 2. The standard InChI is InChI=1S/C43H54N12O8/c1-4-54-35-29(26(3)51-54)12-6-5-7-15-55-32(20-25(2)50-55)40(60)48-42-46-30-21-27(38(44)58)23-33(62-18-10-16-56)36(30)52(42)13-8-9-14-53-37-31(47-43(53)49-41(35)61)22-28(39(45)59)24-34(37)63-19-11-17-57/h8-9,20-24,40,56-57,60H,4-7,10-19H2,1-3H3,(H2,44,58)(H2,45,59)(H,46,48)(H,47,49,61)/b9-8+. The highest BCUT2D eigenvalue weighted by Gasteiger charge is 2.26. The number of aryl methyl sites for hydroxylation is 4. The van der Waals surface area contributed by atoms with Crippen LogP contribution in [0.3, 0.4) is 0 Å². The number of amides is 3. The Hall–Kier alpha value is -6.77. The van der Waals surface area contributed by atoms with Gasteiger partial charge in [-0.2, -0.15) is 10.2 Å². The molecule has 1 aliphatic heterocycles. The lowest BCUT2D eigenvalue weighted by molar-refractivity contribution is 0.0991. The Labute approximate surface area is 362 Å². The number of hydrogen-bond acceptors (Lipinski definition) is 13. The first kappa shape index (κ1) is 44.3. The minimum atomic E-state index is -1.24. The molecule has 9 N–H and O–H groups in total. The van der Waals surface area contributed by atoms with E-state index < -0.39 is 23.9 Å². The smallest absolute Gasteiger partial charge is 0.276 e. The molecule has 3 amide bonds. The maximum atomic E-state index is 14.4. The molecule has 6 aromatic rings. The molecule has 63 heavy (non-hydrogen) atoms. The van der Waals surface area contributed by atoms with Gasteiger partial charge in [0.15, 0.2) is 6.23 Å². The number of rotatable bonds is 11. The third-order valence-corrected chi connectivity index (χ3v) is 10.8. The molecule has 0 aliphatic carbocycles. The van der Waals surface area contributed by atoms with E-state index in [9.17, 15) is 29.7 Å². The lowest BCUT2D eigenvalue weighted by atomic mass is 10.0. The Bertz CT molecular complexity index is 2670. The van der Waals surface area contributed by atoms with Crippen molar-refractivity contribution in [3.05, 3.63) is 81.9 Å². The summed E-state index contributed by atoms with van der Waals surface area (Å²) in [6.45, 7) is 6.98. The van der Waals surface area contributed by atoms with E-state index in [1.54, 1.807) is 24.6 Å². The van der Waals surface area contributed by atoms with Crippen molar-refractivity contribution in [3.8, 4) is 11.5 Å². The molecule has 7 rings (SSSR count). The fraction of sp³-hybridized carbons (Fsp3) is 0.419. The van der Waals surface area contributed by atoms with Crippen molar-refractivity contribution in [2.24, 2.45) is 11.5 Å². The van der Waals surface area contributed by atoms with Crippen molar-refractivity contribution in [2.75, 3.05) is 37.1 Å². The number of imidazole rings is 2. The zero-order valence-electron chi connectivity index (χ0n) is 35.6. The second kappa shape index (κ2) is 19.5. The van der Waals surface area contributed by atoms with Crippen molar-refractivity contribution in [1.82, 2.24) is 38.7 Å². The molecule has 2 aromatic carbocycles. The summed E-state index contributed by atoms with van der Waals surface area (Å²) in [7, 11) is 0. The molecule has 0 saturated carbocycles. The number of nitrogens with zero attached hydrogens (tertiary/aromatic N) is 8. The number of primary amides is 2. The Balaban J connectivity index is 1.38. The summed E-state index contributed by atoms with van der Waals surface area (Å²) < 4.78 is 19.2. The average molecular weight is 867 g/mol. The first-order valence-corrected chi connectivity index (χ1v) is 21.1. The van der Waals surface area contributed by atoms with Gasteiger partial charge in [-0.05, 0) is 70.4 Å². The number of nitrogens with one attached hydrogen (secondary N) is 2. The molecular formula is C43H54N12O8. The molecule has 1 aliphatic rings. The lowest BCUT2D eigenvalue weighted by Gasteiger charge is -2.17. The second-order valence-corrected chi connectivity index (χ2v) is 15.3. The van der Waals surface area contributed by atoms with Crippen LogP contribution in [0.2, 0.25) is 0 Å². The van der Waals surface area contributed by atoms with Gasteiger partial charge in [0.05, 0.1) is 41.3 Å². The number of aliphatic hydroxyl groups is 3. The number of benzene rings is 2. The van der Waals surface area contributed by atoms with E-state index >= 15 is 0 Å². The van der Waals surface area contributed by atoms with Gasteiger partial charge < -0.3 is 50.7 Å². The zero-order chi connectivity index (χ0) is 44.8. The zero-order valence-corrected chi connectivity index (χ0v) is 35.6. The number of anilines is 2. The van der Waals surface area contributed by atoms with Crippen LogP contribution in [0, 0.1) is 13.8 Å². The third-order valence-electron chi connectivity index (χ3n) is 10.8. The number of hydrogen-bond donors (Lipinski definition) is 7. The van der Waals surface area contributed by atoms with Crippen LogP contribution < -0.4 is 31.6 Å². The summed E-state index contributed by atoms with van der Waals surface area (Å²) in [5.41, 5.74) is 16.7. The molecule has 1 atom stereocenters. The second-order valence-electron chi connectivity index (χ2n) is 15.3. The molecular weight excluding hydrogens is 813 g/mol. The van der Waals surface area contributed by atoms with Gasteiger partial charge >= 0.3 is 0 Å². The number of carbonyl (C=O) groups is 3. The monoisotopic (exact) mass is 866 g/mol. The van der Waals surface area contributed by atoms with Crippen LogP contribution in [0.4, 0.5) is 11.9 Å². The summed E-state index contributed by atoms with van der Waals surface area (Å²) in [4.78, 5) is 49.0. The number of fused-ring (bicyclic) bond motifs is 8. The molecule has 4 aromatic heterocycles. The molecule has 1 unspecified atom stereocenters. The number of carbonyl (C=O) groups excluding carboxylic acids is 3. The van der Waals surface area contributed by atoms with Gasteiger partial charge in [0.2, 0.25) is 23.7 Å². The number of nitrogens with two attached hydrogens (primary N) is 2. The molecule has 334 valence electrons. The van der Waals surface area contributed by atoms with Crippen molar-refractivity contribution >= 4 is 51.7 Å². The predicted octanol–water partition coefficient (Wildman–Crippen LogP) is 3.47. The summed E-state index contributed by atoms with van der Waals surface area (Å²) in [5.74, 6) is -0.783. The van der Waals surface area contributed by atoms with E-state index in [4.69, 9.17) is 36.0 Å². The topological polar surface area (TPSA) is 278 Å². The fourth-order valence-electron chi connectivity index (χ4n) is 7.84. The van der Waals surface area contributed by atoms with Gasteiger partial charge in [-0.25, -0.2) is 9.97 Å². The van der Waals surface area contributed by atoms with E-state index in [0.29, 0.717) is 71.6 Å². The molecule has 5 heterocycles. The Morgan fingerprint density at radius 1 is 0.825 bits per heavy atom. The Morgan fingerprint density at radius 2 is 1.41 bits per heavy atom. The Morgan fingerprint density at radius 3 is 1.98 bits per heavy atom. The first-order chi connectivity index (χ1) is 30.4. The van der Waals surface area contributed by atoms with Crippen LogP contribution in [0.15, 0.2) is 42.5 Å². The third kappa shape index (κ3) is 9.52. The molecule has 20 nitrogen and oxygen atoms in total. The summed E-state index contributed by atoms with van der Waals surface area (Å²) >= 11 is 0. The molecule has 0 saturated heterocycles. The van der Waals surface area contributed by atoms with Crippen LogP contribution in [0.1, 0.15) is 99.1 Å². The Kier molecular flexibility index (Phi) is 13.7. The van der Waals surface area contributed by atoms with E-state index in [-0.39, 0.29) is 68.3 Å². The molecule has 0 fully saturated rings. The minimum Gasteiger partial charge on any atom is -0.491 e. The summed E-state index contributed by atoms with van der Waals surface area (Å²) in [6, 6.07) is 7.94. The van der Waals surface area contributed by atoms with E-state index in [1.165, 1.54) is 18.2 Å². The van der Waals surface area contributed by atoms with E-state index in [2.05, 4.69) is 15.7 Å². The molecule has 0 radical (unpaired) electrons. The van der Waals surface area contributed by atoms with Crippen molar-refractivity contribution in [1.29, 1.82) is 0 Å². The van der Waals surface area contributed by atoms with Gasteiger partial charge in [-0.1, -0.05) is 18.6 Å². The quantitative estimate of drug-likeness (QED) is 0.0727. The van der Waals surface area contributed by atoms with Crippen LogP contribution in [-0.2, 0) is 32.6 Å². The van der Waals surface area contributed by atoms with Crippen molar-refractivity contribution < 1.29 is 39.2 Å².